The van der Waals surface area contributed by atoms with Crippen molar-refractivity contribution in [3.63, 3.8) is 0 Å². The van der Waals surface area contributed by atoms with Crippen LogP contribution in [-0.2, 0) is 19.5 Å². The number of hydrogen-bond acceptors (Lipinski definition) is 5. The van der Waals surface area contributed by atoms with Crippen LogP contribution in [0.4, 0.5) is 0 Å². The predicted molar refractivity (Wildman–Crippen MR) is 102 cm³/mol. The molecule has 2 aromatic rings. The Morgan fingerprint density at radius 3 is 2.48 bits per heavy atom. The number of benzene rings is 1. The Labute approximate surface area is 154 Å². The van der Waals surface area contributed by atoms with Crippen LogP contribution in [0.15, 0.2) is 29.6 Å². The minimum atomic E-state index is 0.733. The fraction of sp³-hybridized carbons (Fsp3) is 0.500. The lowest BCUT2D eigenvalue weighted by Crippen LogP contribution is -2.30. The SMILES string of the molecule is CCCc1nc(CN2CCCN(Cc3ccc(C#N)cc3)CC2)cs1. The zero-order chi connectivity index (χ0) is 17.5. The van der Waals surface area contributed by atoms with Gasteiger partial charge in [0.2, 0.25) is 0 Å². The zero-order valence-corrected chi connectivity index (χ0v) is 15.8. The minimum Gasteiger partial charge on any atom is -0.298 e. The fourth-order valence-electron chi connectivity index (χ4n) is 3.26. The Morgan fingerprint density at radius 1 is 1.08 bits per heavy atom. The highest BCUT2D eigenvalue weighted by Gasteiger charge is 2.16. The molecule has 4 nitrogen and oxygen atoms in total. The highest BCUT2D eigenvalue weighted by Crippen LogP contribution is 2.15. The predicted octanol–water partition coefficient (Wildman–Crippen LogP) is 3.68. The number of hydrogen-bond donors (Lipinski definition) is 0. The van der Waals surface area contributed by atoms with Gasteiger partial charge in [-0.2, -0.15) is 5.26 Å². The Bertz CT molecular complexity index is 701. The van der Waals surface area contributed by atoms with Crippen molar-refractivity contribution in [3.8, 4) is 6.07 Å². The summed E-state index contributed by atoms with van der Waals surface area (Å²) in [6.07, 6.45) is 3.46. The number of nitriles is 1. The molecule has 1 fully saturated rings. The van der Waals surface area contributed by atoms with E-state index in [0.29, 0.717) is 0 Å². The molecule has 1 aromatic carbocycles. The largest absolute Gasteiger partial charge is 0.298 e. The van der Waals surface area contributed by atoms with Crippen LogP contribution in [0.2, 0.25) is 0 Å². The van der Waals surface area contributed by atoms with Crippen LogP contribution in [-0.4, -0.2) is 41.0 Å². The van der Waals surface area contributed by atoms with Gasteiger partial charge in [0.05, 0.1) is 22.3 Å². The lowest BCUT2D eigenvalue weighted by molar-refractivity contribution is 0.246. The van der Waals surface area contributed by atoms with Crippen molar-refractivity contribution in [1.29, 1.82) is 5.26 Å². The summed E-state index contributed by atoms with van der Waals surface area (Å²) in [6, 6.07) is 10.2. The molecular weight excluding hydrogens is 328 g/mol. The number of nitrogens with zero attached hydrogens (tertiary/aromatic N) is 4. The number of aromatic nitrogens is 1. The summed E-state index contributed by atoms with van der Waals surface area (Å²) in [7, 11) is 0. The maximum atomic E-state index is 8.90. The monoisotopic (exact) mass is 354 g/mol. The van der Waals surface area contributed by atoms with Crippen molar-refractivity contribution in [2.75, 3.05) is 26.2 Å². The molecule has 3 rings (SSSR count). The highest BCUT2D eigenvalue weighted by atomic mass is 32.1. The Kier molecular flexibility index (Phi) is 6.57. The average molecular weight is 355 g/mol. The number of rotatable bonds is 6. The minimum absolute atomic E-state index is 0.733. The van der Waals surface area contributed by atoms with E-state index >= 15 is 0 Å². The Hall–Kier alpha value is -1.74. The molecule has 0 bridgehead atoms. The Balaban J connectivity index is 1.50. The highest BCUT2D eigenvalue weighted by molar-refractivity contribution is 7.09. The van der Waals surface area contributed by atoms with Crippen LogP contribution in [0.5, 0.6) is 0 Å². The number of thiazole rings is 1. The first-order chi connectivity index (χ1) is 12.3. The van der Waals surface area contributed by atoms with Crippen LogP contribution >= 0.6 is 11.3 Å². The molecule has 0 N–H and O–H groups in total. The van der Waals surface area contributed by atoms with Gasteiger partial charge in [-0.25, -0.2) is 4.98 Å². The maximum Gasteiger partial charge on any atom is 0.0991 e. The Morgan fingerprint density at radius 2 is 1.80 bits per heavy atom. The average Bonchev–Trinajstić information content (AvgIpc) is 2.95. The van der Waals surface area contributed by atoms with E-state index in [9.17, 15) is 0 Å². The molecule has 0 atom stereocenters. The normalized spacial score (nSPS) is 16.5. The van der Waals surface area contributed by atoms with E-state index in [4.69, 9.17) is 10.2 Å². The summed E-state index contributed by atoms with van der Waals surface area (Å²) < 4.78 is 0. The molecule has 0 saturated carbocycles. The van der Waals surface area contributed by atoms with E-state index in [1.165, 1.54) is 29.1 Å². The quantitative estimate of drug-likeness (QED) is 0.794. The topological polar surface area (TPSA) is 43.2 Å². The first-order valence-corrected chi connectivity index (χ1v) is 10.0. The second-order valence-corrected chi connectivity index (χ2v) is 7.64. The van der Waals surface area contributed by atoms with E-state index in [0.717, 1.165) is 51.3 Å². The van der Waals surface area contributed by atoms with Gasteiger partial charge in [-0.15, -0.1) is 11.3 Å². The third kappa shape index (κ3) is 5.37. The first kappa shape index (κ1) is 18.1. The molecule has 0 unspecified atom stereocenters. The van der Waals surface area contributed by atoms with Gasteiger partial charge in [-0.05, 0) is 50.0 Å². The maximum absolute atomic E-state index is 8.90. The van der Waals surface area contributed by atoms with E-state index in [1.807, 2.05) is 12.1 Å². The van der Waals surface area contributed by atoms with Gasteiger partial charge in [0.15, 0.2) is 0 Å². The molecule has 1 aromatic heterocycles. The van der Waals surface area contributed by atoms with Gasteiger partial charge in [0.25, 0.3) is 0 Å². The molecule has 0 aliphatic carbocycles. The smallest absolute Gasteiger partial charge is 0.0991 e. The second-order valence-electron chi connectivity index (χ2n) is 6.70. The second kappa shape index (κ2) is 9.10. The van der Waals surface area contributed by atoms with Gasteiger partial charge in [0.1, 0.15) is 0 Å². The van der Waals surface area contributed by atoms with Gasteiger partial charge in [-0.3, -0.25) is 9.80 Å². The van der Waals surface area contributed by atoms with Crippen LogP contribution < -0.4 is 0 Å². The molecule has 1 aliphatic heterocycles. The molecule has 2 heterocycles. The molecule has 132 valence electrons. The van der Waals surface area contributed by atoms with Gasteiger partial charge < -0.3 is 0 Å². The summed E-state index contributed by atoms with van der Waals surface area (Å²) in [6.45, 7) is 8.61. The van der Waals surface area contributed by atoms with E-state index in [2.05, 4.69) is 40.3 Å². The van der Waals surface area contributed by atoms with Gasteiger partial charge in [0, 0.05) is 31.6 Å². The van der Waals surface area contributed by atoms with Crippen molar-refractivity contribution < 1.29 is 0 Å². The number of aryl methyl sites for hydroxylation is 1. The van der Waals surface area contributed by atoms with Crippen LogP contribution in [0.25, 0.3) is 0 Å². The summed E-state index contributed by atoms with van der Waals surface area (Å²) in [5.74, 6) is 0. The lowest BCUT2D eigenvalue weighted by atomic mass is 10.1. The summed E-state index contributed by atoms with van der Waals surface area (Å²) in [5.41, 5.74) is 3.25. The molecule has 1 saturated heterocycles. The molecule has 0 spiro atoms. The van der Waals surface area contributed by atoms with Crippen molar-refractivity contribution in [3.05, 3.63) is 51.5 Å². The van der Waals surface area contributed by atoms with Gasteiger partial charge >= 0.3 is 0 Å². The molecule has 5 heteroatoms. The van der Waals surface area contributed by atoms with E-state index in [-0.39, 0.29) is 0 Å². The van der Waals surface area contributed by atoms with Gasteiger partial charge in [-0.1, -0.05) is 19.1 Å². The molecular formula is C20H26N4S. The van der Waals surface area contributed by atoms with Crippen LogP contribution in [0.1, 0.15) is 41.6 Å². The summed E-state index contributed by atoms with van der Waals surface area (Å²) in [5, 5.41) is 12.4. The van der Waals surface area contributed by atoms with Crippen molar-refractivity contribution in [2.45, 2.75) is 39.3 Å². The first-order valence-electron chi connectivity index (χ1n) is 9.14. The third-order valence-corrected chi connectivity index (χ3v) is 5.58. The standard InChI is InChI=1S/C20H26N4S/c1-2-4-20-22-19(16-25-20)15-24-10-3-9-23(11-12-24)14-18-7-5-17(13-21)6-8-18/h5-8,16H,2-4,9-12,14-15H2,1H3. The van der Waals surface area contributed by atoms with Crippen molar-refractivity contribution in [1.82, 2.24) is 14.8 Å². The zero-order valence-electron chi connectivity index (χ0n) is 14.9. The summed E-state index contributed by atoms with van der Waals surface area (Å²) >= 11 is 1.80. The van der Waals surface area contributed by atoms with Crippen LogP contribution in [0.3, 0.4) is 0 Å². The van der Waals surface area contributed by atoms with Crippen molar-refractivity contribution >= 4 is 11.3 Å². The molecule has 1 aliphatic rings. The van der Waals surface area contributed by atoms with E-state index in [1.54, 1.807) is 11.3 Å². The molecule has 0 amide bonds. The molecule has 25 heavy (non-hydrogen) atoms. The van der Waals surface area contributed by atoms with Crippen LogP contribution in [0, 0.1) is 11.3 Å². The lowest BCUT2D eigenvalue weighted by Gasteiger charge is -2.21. The molecule has 0 radical (unpaired) electrons. The summed E-state index contributed by atoms with van der Waals surface area (Å²) in [4.78, 5) is 9.81. The van der Waals surface area contributed by atoms with E-state index < -0.39 is 0 Å². The third-order valence-electron chi connectivity index (χ3n) is 4.62. The van der Waals surface area contributed by atoms with Crippen molar-refractivity contribution in [2.24, 2.45) is 0 Å². The fourth-order valence-corrected chi connectivity index (χ4v) is 4.15.